The minimum atomic E-state index is -1.02. The Bertz CT molecular complexity index is 1050. The van der Waals surface area contributed by atoms with Crippen LogP contribution in [0.15, 0.2) is 54.6 Å². The molecule has 4 nitrogen and oxygen atoms in total. The molecule has 0 atom stereocenters. The molecule has 0 unspecified atom stereocenters. The Hall–Kier alpha value is -2.85. The molecule has 1 aromatic heterocycles. The number of aromatic carboxylic acids is 1. The summed E-state index contributed by atoms with van der Waals surface area (Å²) >= 11 is 6.18. The highest BCUT2D eigenvalue weighted by molar-refractivity contribution is 6.30. The predicted molar refractivity (Wildman–Crippen MR) is 125 cm³/mol. The van der Waals surface area contributed by atoms with Crippen LogP contribution in [0.2, 0.25) is 5.02 Å². The van der Waals surface area contributed by atoms with Crippen molar-refractivity contribution in [3.8, 4) is 16.9 Å². The number of aromatic nitrogens is 1. The van der Waals surface area contributed by atoms with Crippen LogP contribution >= 0.6 is 11.6 Å². The number of rotatable bonds is 9. The van der Waals surface area contributed by atoms with E-state index in [4.69, 9.17) is 21.3 Å². The first-order chi connectivity index (χ1) is 14.9. The van der Waals surface area contributed by atoms with Gasteiger partial charge in [0.2, 0.25) is 0 Å². The van der Waals surface area contributed by atoms with Crippen LogP contribution in [0, 0.1) is 5.92 Å². The highest BCUT2D eigenvalue weighted by Gasteiger charge is 2.19. The number of carboxylic acid groups (broad SMARTS) is 1. The standard InChI is InChI=1S/C26H28ClNO3/c1-4-6-18-9-11-21(12-10-18)31-16-25-23(26(29)30)15-22(24(28-25)13-17(2)3)19-7-5-8-20(27)14-19/h5,7-12,14-15,17H,4,6,13,16H2,1-3H3,(H,29,30). The van der Waals surface area contributed by atoms with Gasteiger partial charge in [0.1, 0.15) is 12.4 Å². The summed E-state index contributed by atoms with van der Waals surface area (Å²) in [4.78, 5) is 16.8. The molecule has 0 aliphatic rings. The van der Waals surface area contributed by atoms with E-state index in [1.165, 1.54) is 5.56 Å². The number of hydrogen-bond acceptors (Lipinski definition) is 3. The van der Waals surface area contributed by atoms with Crippen molar-refractivity contribution in [3.63, 3.8) is 0 Å². The lowest BCUT2D eigenvalue weighted by molar-refractivity contribution is 0.0693. The molecule has 0 spiro atoms. The average Bonchev–Trinajstić information content (AvgIpc) is 2.73. The molecule has 3 aromatic rings. The Morgan fingerprint density at radius 3 is 2.45 bits per heavy atom. The van der Waals surface area contributed by atoms with Crippen LogP contribution in [0.4, 0.5) is 0 Å². The largest absolute Gasteiger partial charge is 0.487 e. The predicted octanol–water partition coefficient (Wildman–Crippen LogP) is 6.83. The van der Waals surface area contributed by atoms with Crippen LogP contribution in [-0.4, -0.2) is 16.1 Å². The van der Waals surface area contributed by atoms with E-state index in [1.807, 2.05) is 42.5 Å². The number of aryl methyl sites for hydroxylation is 1. The van der Waals surface area contributed by atoms with Gasteiger partial charge in [0.05, 0.1) is 11.3 Å². The van der Waals surface area contributed by atoms with Gasteiger partial charge in [-0.2, -0.15) is 0 Å². The van der Waals surface area contributed by atoms with Gasteiger partial charge < -0.3 is 9.84 Å². The average molecular weight is 438 g/mol. The third-order valence-electron chi connectivity index (χ3n) is 4.99. The van der Waals surface area contributed by atoms with E-state index in [1.54, 1.807) is 12.1 Å². The van der Waals surface area contributed by atoms with E-state index in [2.05, 4.69) is 20.8 Å². The number of pyridine rings is 1. The lowest BCUT2D eigenvalue weighted by Crippen LogP contribution is -2.12. The van der Waals surface area contributed by atoms with E-state index < -0.39 is 5.97 Å². The third-order valence-corrected chi connectivity index (χ3v) is 5.22. The zero-order chi connectivity index (χ0) is 22.4. The van der Waals surface area contributed by atoms with E-state index in [-0.39, 0.29) is 12.2 Å². The van der Waals surface area contributed by atoms with Crippen LogP contribution in [0.5, 0.6) is 5.75 Å². The van der Waals surface area contributed by atoms with Crippen molar-refractivity contribution in [1.29, 1.82) is 0 Å². The highest BCUT2D eigenvalue weighted by Crippen LogP contribution is 2.29. The fourth-order valence-corrected chi connectivity index (χ4v) is 3.72. The zero-order valence-corrected chi connectivity index (χ0v) is 18.9. The molecule has 0 radical (unpaired) electrons. The molecule has 0 aliphatic carbocycles. The molecule has 0 saturated carbocycles. The number of benzene rings is 2. The minimum absolute atomic E-state index is 0.0929. The van der Waals surface area contributed by atoms with E-state index in [0.717, 1.165) is 36.1 Å². The summed E-state index contributed by atoms with van der Waals surface area (Å²) in [6.45, 7) is 6.46. The first-order valence-electron chi connectivity index (χ1n) is 10.6. The van der Waals surface area contributed by atoms with Gasteiger partial charge in [-0.15, -0.1) is 0 Å². The topological polar surface area (TPSA) is 59.4 Å². The fraction of sp³-hybridized carbons (Fsp3) is 0.308. The molecule has 3 rings (SSSR count). The summed E-state index contributed by atoms with van der Waals surface area (Å²) in [5, 5.41) is 10.4. The van der Waals surface area contributed by atoms with Gasteiger partial charge in [0.25, 0.3) is 0 Å². The molecule has 5 heteroatoms. The quantitative estimate of drug-likeness (QED) is 0.398. The van der Waals surface area contributed by atoms with E-state index in [0.29, 0.717) is 22.4 Å². The molecule has 162 valence electrons. The lowest BCUT2D eigenvalue weighted by atomic mass is 9.95. The minimum Gasteiger partial charge on any atom is -0.487 e. The van der Waals surface area contributed by atoms with Crippen LogP contribution in [0.3, 0.4) is 0 Å². The van der Waals surface area contributed by atoms with Crippen molar-refractivity contribution in [1.82, 2.24) is 4.98 Å². The Balaban J connectivity index is 1.96. The van der Waals surface area contributed by atoms with Crippen molar-refractivity contribution >= 4 is 17.6 Å². The monoisotopic (exact) mass is 437 g/mol. The number of halogens is 1. The van der Waals surface area contributed by atoms with Crippen molar-refractivity contribution < 1.29 is 14.6 Å². The summed E-state index contributed by atoms with van der Waals surface area (Å²) in [7, 11) is 0. The molecule has 0 saturated heterocycles. The molecular formula is C26H28ClNO3. The second-order valence-corrected chi connectivity index (χ2v) is 8.51. The first-order valence-corrected chi connectivity index (χ1v) is 11.0. The third kappa shape index (κ3) is 6.08. The van der Waals surface area contributed by atoms with Gasteiger partial charge >= 0.3 is 5.97 Å². The maximum absolute atomic E-state index is 12.0. The molecule has 0 bridgehead atoms. The Morgan fingerprint density at radius 1 is 1.10 bits per heavy atom. The van der Waals surface area contributed by atoms with Gasteiger partial charge in [-0.25, -0.2) is 4.79 Å². The Labute approximate surface area is 188 Å². The van der Waals surface area contributed by atoms with Crippen LogP contribution < -0.4 is 4.74 Å². The van der Waals surface area contributed by atoms with Crippen LogP contribution in [-0.2, 0) is 19.4 Å². The fourth-order valence-electron chi connectivity index (χ4n) is 3.53. The number of carboxylic acids is 1. The van der Waals surface area contributed by atoms with Gasteiger partial charge in [-0.05, 0) is 60.2 Å². The Morgan fingerprint density at radius 2 is 1.84 bits per heavy atom. The molecular weight excluding hydrogens is 410 g/mol. The van der Waals surface area contributed by atoms with Gasteiger partial charge in [-0.3, -0.25) is 4.98 Å². The highest BCUT2D eigenvalue weighted by atomic mass is 35.5. The first kappa shape index (κ1) is 22.8. The molecule has 0 amide bonds. The molecule has 2 aromatic carbocycles. The molecule has 31 heavy (non-hydrogen) atoms. The van der Waals surface area contributed by atoms with Crippen molar-refractivity contribution in [2.24, 2.45) is 5.92 Å². The maximum Gasteiger partial charge on any atom is 0.337 e. The molecule has 1 N–H and O–H groups in total. The zero-order valence-electron chi connectivity index (χ0n) is 18.2. The molecule has 0 fully saturated rings. The van der Waals surface area contributed by atoms with Gasteiger partial charge in [-0.1, -0.05) is 63.1 Å². The number of hydrogen-bond donors (Lipinski definition) is 1. The number of ether oxygens (including phenoxy) is 1. The van der Waals surface area contributed by atoms with Crippen molar-refractivity contribution in [3.05, 3.63) is 82.1 Å². The van der Waals surface area contributed by atoms with Crippen LogP contribution in [0.25, 0.3) is 11.1 Å². The summed E-state index contributed by atoms with van der Waals surface area (Å²) in [5.41, 5.74) is 4.32. The summed E-state index contributed by atoms with van der Waals surface area (Å²) in [5.74, 6) is 0.0343. The maximum atomic E-state index is 12.0. The van der Waals surface area contributed by atoms with E-state index >= 15 is 0 Å². The summed E-state index contributed by atoms with van der Waals surface area (Å²) in [6, 6.07) is 17.0. The lowest BCUT2D eigenvalue weighted by Gasteiger charge is -2.16. The molecule has 1 heterocycles. The van der Waals surface area contributed by atoms with Crippen LogP contribution in [0.1, 0.15) is 54.5 Å². The van der Waals surface area contributed by atoms with E-state index in [9.17, 15) is 9.90 Å². The van der Waals surface area contributed by atoms with Crippen molar-refractivity contribution in [2.75, 3.05) is 0 Å². The smallest absolute Gasteiger partial charge is 0.337 e. The summed E-state index contributed by atoms with van der Waals surface area (Å²) in [6.07, 6.45) is 2.83. The second-order valence-electron chi connectivity index (χ2n) is 8.07. The summed E-state index contributed by atoms with van der Waals surface area (Å²) < 4.78 is 5.89. The van der Waals surface area contributed by atoms with Gasteiger partial charge in [0.15, 0.2) is 0 Å². The second kappa shape index (κ2) is 10.5. The Kier molecular flexibility index (Phi) is 7.69. The SMILES string of the molecule is CCCc1ccc(OCc2nc(CC(C)C)c(-c3cccc(Cl)c3)cc2C(=O)O)cc1. The number of nitrogens with zero attached hydrogens (tertiary/aromatic N) is 1. The van der Waals surface area contributed by atoms with Gasteiger partial charge in [0, 0.05) is 16.3 Å². The normalized spacial score (nSPS) is 11.0. The number of carbonyl (C=O) groups is 1. The molecule has 0 aliphatic heterocycles. The van der Waals surface area contributed by atoms with Crippen molar-refractivity contribution in [2.45, 2.75) is 46.6 Å².